The van der Waals surface area contributed by atoms with E-state index < -0.39 is 0 Å². The van der Waals surface area contributed by atoms with Gasteiger partial charge in [-0.15, -0.1) is 0 Å². The quantitative estimate of drug-likeness (QED) is 0.680. The summed E-state index contributed by atoms with van der Waals surface area (Å²) in [5.41, 5.74) is 2.19. The summed E-state index contributed by atoms with van der Waals surface area (Å²) in [6, 6.07) is 4.21. The summed E-state index contributed by atoms with van der Waals surface area (Å²) in [7, 11) is 0. The SMILES string of the molecule is Cc1cc(Br)c2c(c1)C=CC(C)(C)O2. The molecule has 0 saturated heterocycles. The van der Waals surface area contributed by atoms with E-state index in [1.54, 1.807) is 0 Å². The molecule has 1 nitrogen and oxygen atoms in total. The van der Waals surface area contributed by atoms with Crippen molar-refractivity contribution in [1.29, 1.82) is 0 Å². The van der Waals surface area contributed by atoms with Gasteiger partial charge in [0.1, 0.15) is 11.4 Å². The van der Waals surface area contributed by atoms with Gasteiger partial charge in [-0.1, -0.05) is 6.08 Å². The molecule has 1 aromatic rings. The van der Waals surface area contributed by atoms with Crippen LogP contribution in [0.1, 0.15) is 25.0 Å². The molecule has 14 heavy (non-hydrogen) atoms. The second kappa shape index (κ2) is 3.13. The molecule has 1 heterocycles. The Kier molecular flexibility index (Phi) is 2.18. The molecule has 74 valence electrons. The molecule has 2 rings (SSSR count). The highest BCUT2D eigenvalue weighted by Crippen LogP contribution is 2.37. The number of benzene rings is 1. The lowest BCUT2D eigenvalue weighted by molar-refractivity contribution is 0.157. The minimum absolute atomic E-state index is 0.204. The maximum atomic E-state index is 5.87. The van der Waals surface area contributed by atoms with Gasteiger partial charge in [0.15, 0.2) is 0 Å². The first-order valence-electron chi connectivity index (χ1n) is 4.66. The zero-order valence-electron chi connectivity index (χ0n) is 8.60. The first kappa shape index (κ1) is 9.78. The molecule has 0 aliphatic carbocycles. The van der Waals surface area contributed by atoms with Crippen LogP contribution in [-0.2, 0) is 0 Å². The van der Waals surface area contributed by atoms with E-state index in [0.717, 1.165) is 15.8 Å². The molecule has 0 atom stereocenters. The van der Waals surface area contributed by atoms with Crippen molar-refractivity contribution in [1.82, 2.24) is 0 Å². The predicted octanol–water partition coefficient (Wildman–Crippen LogP) is 3.94. The fraction of sp³-hybridized carbons (Fsp3) is 0.333. The van der Waals surface area contributed by atoms with Crippen molar-refractivity contribution in [3.05, 3.63) is 33.8 Å². The zero-order chi connectivity index (χ0) is 10.3. The van der Waals surface area contributed by atoms with E-state index in [4.69, 9.17) is 4.74 Å². The highest BCUT2D eigenvalue weighted by molar-refractivity contribution is 9.10. The van der Waals surface area contributed by atoms with E-state index in [-0.39, 0.29) is 5.60 Å². The number of fused-ring (bicyclic) bond motifs is 1. The van der Waals surface area contributed by atoms with Gasteiger partial charge in [0.25, 0.3) is 0 Å². The van der Waals surface area contributed by atoms with Crippen LogP contribution in [-0.4, -0.2) is 5.60 Å². The average Bonchev–Trinajstić information content (AvgIpc) is 2.06. The third kappa shape index (κ3) is 1.71. The van der Waals surface area contributed by atoms with Crippen molar-refractivity contribution in [2.24, 2.45) is 0 Å². The molecule has 2 heteroatoms. The topological polar surface area (TPSA) is 9.23 Å². The maximum absolute atomic E-state index is 5.87. The number of hydrogen-bond acceptors (Lipinski definition) is 1. The van der Waals surface area contributed by atoms with E-state index in [0.29, 0.717) is 0 Å². The van der Waals surface area contributed by atoms with Crippen LogP contribution < -0.4 is 4.74 Å². The van der Waals surface area contributed by atoms with Gasteiger partial charge in [-0.2, -0.15) is 0 Å². The lowest BCUT2D eigenvalue weighted by atomic mass is 10.0. The summed E-state index contributed by atoms with van der Waals surface area (Å²) in [4.78, 5) is 0. The first-order valence-corrected chi connectivity index (χ1v) is 5.46. The van der Waals surface area contributed by atoms with Crippen molar-refractivity contribution >= 4 is 22.0 Å². The van der Waals surface area contributed by atoms with Crippen LogP contribution in [0.15, 0.2) is 22.7 Å². The van der Waals surface area contributed by atoms with Crippen LogP contribution in [0.3, 0.4) is 0 Å². The Morgan fingerprint density at radius 1 is 1.29 bits per heavy atom. The molecule has 1 aliphatic heterocycles. The smallest absolute Gasteiger partial charge is 0.142 e. The lowest BCUT2D eigenvalue weighted by Gasteiger charge is -2.28. The van der Waals surface area contributed by atoms with Crippen LogP contribution in [0.5, 0.6) is 5.75 Å². The van der Waals surface area contributed by atoms with Gasteiger partial charge in [0, 0.05) is 5.56 Å². The minimum atomic E-state index is -0.204. The molecule has 0 aromatic heterocycles. The maximum Gasteiger partial charge on any atom is 0.142 e. The molecule has 0 saturated carbocycles. The first-order chi connectivity index (χ1) is 6.48. The van der Waals surface area contributed by atoms with Gasteiger partial charge >= 0.3 is 0 Å². The van der Waals surface area contributed by atoms with E-state index in [2.05, 4.69) is 61.0 Å². The van der Waals surface area contributed by atoms with Gasteiger partial charge in [-0.25, -0.2) is 0 Å². The Morgan fingerprint density at radius 2 is 2.00 bits per heavy atom. The molecule has 1 aliphatic rings. The molecule has 0 unspecified atom stereocenters. The summed E-state index contributed by atoms with van der Waals surface area (Å²) in [5, 5.41) is 0. The van der Waals surface area contributed by atoms with Crippen LogP contribution in [0.2, 0.25) is 0 Å². The zero-order valence-corrected chi connectivity index (χ0v) is 10.2. The Hall–Kier alpha value is -0.760. The van der Waals surface area contributed by atoms with E-state index >= 15 is 0 Å². The monoisotopic (exact) mass is 252 g/mol. The van der Waals surface area contributed by atoms with Crippen LogP contribution in [0.4, 0.5) is 0 Å². The highest BCUT2D eigenvalue weighted by Gasteiger charge is 2.23. The molecule has 0 amide bonds. The molecule has 0 spiro atoms. The number of rotatable bonds is 0. The predicted molar refractivity (Wildman–Crippen MR) is 62.6 cm³/mol. The molecular weight excluding hydrogens is 240 g/mol. The fourth-order valence-corrected chi connectivity index (χ4v) is 2.25. The summed E-state index contributed by atoms with van der Waals surface area (Å²) < 4.78 is 6.90. The van der Waals surface area contributed by atoms with Crippen molar-refractivity contribution in [2.45, 2.75) is 26.4 Å². The average molecular weight is 253 g/mol. The number of aryl methyl sites for hydroxylation is 1. The van der Waals surface area contributed by atoms with Gasteiger partial charge in [-0.05, 0) is 60.5 Å². The standard InChI is InChI=1S/C12H13BrO/c1-8-6-9-4-5-12(2,3)14-11(9)10(13)7-8/h4-7H,1-3H3. The second-order valence-electron chi connectivity index (χ2n) is 4.20. The van der Waals surface area contributed by atoms with Gasteiger partial charge in [0.2, 0.25) is 0 Å². The van der Waals surface area contributed by atoms with Crippen molar-refractivity contribution in [3.8, 4) is 5.75 Å². The minimum Gasteiger partial charge on any atom is -0.482 e. The van der Waals surface area contributed by atoms with Crippen molar-refractivity contribution in [3.63, 3.8) is 0 Å². The van der Waals surface area contributed by atoms with E-state index in [1.807, 2.05) is 0 Å². The number of hydrogen-bond donors (Lipinski definition) is 0. The summed E-state index contributed by atoms with van der Waals surface area (Å²) in [5.74, 6) is 0.947. The third-order valence-electron chi connectivity index (χ3n) is 2.25. The molecule has 0 radical (unpaired) electrons. The molecule has 0 N–H and O–H groups in total. The van der Waals surface area contributed by atoms with Gasteiger partial charge in [-0.3, -0.25) is 0 Å². The van der Waals surface area contributed by atoms with Gasteiger partial charge in [0.05, 0.1) is 4.47 Å². The molecule has 1 aromatic carbocycles. The third-order valence-corrected chi connectivity index (χ3v) is 2.84. The summed E-state index contributed by atoms with van der Waals surface area (Å²) in [6.45, 7) is 6.19. The summed E-state index contributed by atoms with van der Waals surface area (Å²) in [6.07, 6.45) is 4.21. The largest absolute Gasteiger partial charge is 0.482 e. The Balaban J connectivity index is 2.56. The Labute approximate surface area is 92.9 Å². The highest BCUT2D eigenvalue weighted by atomic mass is 79.9. The van der Waals surface area contributed by atoms with Gasteiger partial charge < -0.3 is 4.74 Å². The molecular formula is C12H13BrO. The number of halogens is 1. The molecule has 0 bridgehead atoms. The lowest BCUT2D eigenvalue weighted by Crippen LogP contribution is -2.27. The normalized spacial score (nSPS) is 17.4. The van der Waals surface area contributed by atoms with Crippen LogP contribution in [0.25, 0.3) is 6.08 Å². The van der Waals surface area contributed by atoms with Crippen LogP contribution in [0, 0.1) is 6.92 Å². The van der Waals surface area contributed by atoms with Crippen molar-refractivity contribution < 1.29 is 4.74 Å². The van der Waals surface area contributed by atoms with E-state index in [1.165, 1.54) is 5.56 Å². The molecule has 0 fully saturated rings. The Morgan fingerprint density at radius 3 is 2.71 bits per heavy atom. The van der Waals surface area contributed by atoms with E-state index in [9.17, 15) is 0 Å². The Bertz CT molecular complexity index is 405. The fourth-order valence-electron chi connectivity index (χ4n) is 1.57. The second-order valence-corrected chi connectivity index (χ2v) is 5.06. The van der Waals surface area contributed by atoms with Crippen LogP contribution >= 0.6 is 15.9 Å². The van der Waals surface area contributed by atoms with Crippen molar-refractivity contribution in [2.75, 3.05) is 0 Å². The summed E-state index contributed by atoms with van der Waals surface area (Å²) >= 11 is 3.53. The number of ether oxygens (including phenoxy) is 1.